The molecule has 1 aromatic heterocycles. The van der Waals surface area contributed by atoms with Gasteiger partial charge in [0, 0.05) is 5.39 Å². The number of hydrogen-bond acceptors (Lipinski definition) is 4. The zero-order chi connectivity index (χ0) is 16.2. The number of para-hydroxylation sites is 2. The van der Waals surface area contributed by atoms with Gasteiger partial charge in [-0.3, -0.25) is 9.59 Å². The molecule has 6 nitrogen and oxygen atoms in total. The smallest absolute Gasteiger partial charge is 0.275 e. The molecule has 0 radical (unpaired) electrons. The number of carbonyl (C=O) groups excluding carboxylic acids is 1. The molecule has 0 atom stereocenters. The van der Waals surface area contributed by atoms with Gasteiger partial charge in [-0.05, 0) is 18.2 Å². The third kappa shape index (κ3) is 3.06. The second-order valence-electron chi connectivity index (χ2n) is 4.94. The highest BCUT2D eigenvalue weighted by molar-refractivity contribution is 5.92. The minimum atomic E-state index is -0.348. The fourth-order valence-electron chi connectivity index (χ4n) is 2.31. The number of amides is 1. The number of fused-ring (bicyclic) bond motifs is 1. The van der Waals surface area contributed by atoms with Gasteiger partial charge in [0.2, 0.25) is 5.91 Å². The number of carbonyl (C=O) groups is 1. The Morgan fingerprint density at radius 3 is 2.74 bits per heavy atom. The van der Waals surface area contributed by atoms with E-state index in [1.165, 1.54) is 7.11 Å². The van der Waals surface area contributed by atoms with E-state index in [1.807, 2.05) is 18.2 Å². The van der Waals surface area contributed by atoms with Crippen molar-refractivity contribution >= 4 is 22.4 Å². The fraction of sp³-hybridized carbons (Fsp3) is 0.118. The first-order chi connectivity index (χ1) is 11.2. The summed E-state index contributed by atoms with van der Waals surface area (Å²) in [5.74, 6) is 0.207. The maximum Gasteiger partial charge on any atom is 0.275 e. The van der Waals surface area contributed by atoms with Gasteiger partial charge in [-0.2, -0.15) is 5.10 Å². The summed E-state index contributed by atoms with van der Waals surface area (Å²) in [6, 6.07) is 14.2. The van der Waals surface area contributed by atoms with Crippen LogP contribution in [-0.4, -0.2) is 22.8 Å². The minimum absolute atomic E-state index is 0.165. The second kappa shape index (κ2) is 6.31. The Bertz CT molecular complexity index is 918. The van der Waals surface area contributed by atoms with Crippen LogP contribution in [0.25, 0.3) is 10.8 Å². The van der Waals surface area contributed by atoms with Crippen LogP contribution in [0.15, 0.2) is 59.5 Å². The largest absolute Gasteiger partial charge is 0.495 e. The quantitative estimate of drug-likeness (QED) is 0.800. The van der Waals surface area contributed by atoms with Gasteiger partial charge in [-0.1, -0.05) is 30.3 Å². The molecule has 0 saturated carbocycles. The zero-order valence-corrected chi connectivity index (χ0v) is 12.5. The van der Waals surface area contributed by atoms with Crippen LogP contribution in [0.2, 0.25) is 0 Å². The maximum absolute atomic E-state index is 12.3. The third-order valence-corrected chi connectivity index (χ3v) is 3.44. The molecule has 0 aliphatic rings. The molecular formula is C17H15N3O3. The molecule has 3 aromatic rings. The number of rotatable bonds is 4. The van der Waals surface area contributed by atoms with Gasteiger partial charge in [0.1, 0.15) is 12.3 Å². The normalized spacial score (nSPS) is 10.5. The lowest BCUT2D eigenvalue weighted by Gasteiger charge is -2.10. The summed E-state index contributed by atoms with van der Waals surface area (Å²) < 4.78 is 6.32. The Balaban J connectivity index is 1.83. The molecule has 23 heavy (non-hydrogen) atoms. The number of aromatic nitrogens is 2. The van der Waals surface area contributed by atoms with Crippen molar-refractivity contribution in [3.8, 4) is 5.75 Å². The summed E-state index contributed by atoms with van der Waals surface area (Å²) in [5.41, 5.74) is 0.257. The topological polar surface area (TPSA) is 73.2 Å². The molecule has 2 aromatic carbocycles. The summed E-state index contributed by atoms with van der Waals surface area (Å²) in [4.78, 5) is 24.5. The van der Waals surface area contributed by atoms with E-state index in [2.05, 4.69) is 10.4 Å². The van der Waals surface area contributed by atoms with Crippen LogP contribution in [-0.2, 0) is 11.3 Å². The Morgan fingerprint density at radius 1 is 1.17 bits per heavy atom. The minimum Gasteiger partial charge on any atom is -0.495 e. The van der Waals surface area contributed by atoms with Gasteiger partial charge in [-0.25, -0.2) is 4.68 Å². The molecule has 1 N–H and O–H groups in total. The molecule has 0 aliphatic carbocycles. The van der Waals surface area contributed by atoms with Crippen molar-refractivity contribution in [3.63, 3.8) is 0 Å². The van der Waals surface area contributed by atoms with Crippen molar-refractivity contribution in [1.82, 2.24) is 9.78 Å². The Kier molecular flexibility index (Phi) is 4.05. The van der Waals surface area contributed by atoms with Crippen molar-refractivity contribution in [2.75, 3.05) is 12.4 Å². The van der Waals surface area contributed by atoms with E-state index in [0.717, 1.165) is 10.1 Å². The van der Waals surface area contributed by atoms with Crippen LogP contribution in [0.3, 0.4) is 0 Å². The molecule has 0 bridgehead atoms. The van der Waals surface area contributed by atoms with Gasteiger partial charge in [-0.15, -0.1) is 0 Å². The van der Waals surface area contributed by atoms with Crippen LogP contribution < -0.4 is 15.6 Å². The van der Waals surface area contributed by atoms with E-state index < -0.39 is 0 Å². The van der Waals surface area contributed by atoms with Crippen LogP contribution in [0.4, 0.5) is 5.69 Å². The monoisotopic (exact) mass is 309 g/mol. The number of anilines is 1. The maximum atomic E-state index is 12.3. The number of nitrogens with one attached hydrogen (secondary N) is 1. The van der Waals surface area contributed by atoms with Gasteiger partial charge < -0.3 is 10.1 Å². The number of methoxy groups -OCH3 is 1. The highest BCUT2D eigenvalue weighted by Crippen LogP contribution is 2.22. The van der Waals surface area contributed by atoms with Gasteiger partial charge in [0.05, 0.1) is 24.4 Å². The molecule has 0 fully saturated rings. The molecular weight excluding hydrogens is 294 g/mol. The molecule has 0 saturated heterocycles. The van der Waals surface area contributed by atoms with E-state index in [4.69, 9.17) is 4.74 Å². The highest BCUT2D eigenvalue weighted by Gasteiger charge is 2.10. The lowest BCUT2D eigenvalue weighted by molar-refractivity contribution is -0.117. The van der Waals surface area contributed by atoms with Crippen molar-refractivity contribution in [2.45, 2.75) is 6.54 Å². The lowest BCUT2D eigenvalue weighted by Crippen LogP contribution is -2.29. The summed E-state index contributed by atoms with van der Waals surface area (Å²) in [6.45, 7) is -0.165. The highest BCUT2D eigenvalue weighted by atomic mass is 16.5. The Morgan fingerprint density at radius 2 is 1.91 bits per heavy atom. The Hall–Kier alpha value is -3.15. The molecule has 0 aliphatic heterocycles. The van der Waals surface area contributed by atoms with Crippen LogP contribution in [0, 0.1) is 0 Å². The first-order valence-electron chi connectivity index (χ1n) is 7.07. The fourth-order valence-corrected chi connectivity index (χ4v) is 2.31. The van der Waals surface area contributed by atoms with Crippen molar-refractivity contribution < 1.29 is 9.53 Å². The van der Waals surface area contributed by atoms with E-state index in [1.54, 1.807) is 36.5 Å². The average Bonchev–Trinajstić information content (AvgIpc) is 2.58. The summed E-state index contributed by atoms with van der Waals surface area (Å²) in [5, 5.41) is 8.05. The molecule has 1 heterocycles. The van der Waals surface area contributed by atoms with Crippen LogP contribution in [0.5, 0.6) is 5.75 Å². The number of nitrogens with zero attached hydrogens (tertiary/aromatic N) is 2. The molecule has 3 rings (SSSR count). The SMILES string of the molecule is COc1ccccc1NC(=O)Cn1ncc2ccccc2c1=O. The van der Waals surface area contributed by atoms with E-state index in [0.29, 0.717) is 16.8 Å². The molecule has 0 spiro atoms. The predicted molar refractivity (Wildman–Crippen MR) is 87.6 cm³/mol. The molecule has 6 heteroatoms. The summed E-state index contributed by atoms with van der Waals surface area (Å²) in [7, 11) is 1.53. The third-order valence-electron chi connectivity index (χ3n) is 3.44. The first-order valence-corrected chi connectivity index (χ1v) is 7.07. The first kappa shape index (κ1) is 14.8. The van der Waals surface area contributed by atoms with Gasteiger partial charge in [0.25, 0.3) is 5.56 Å². The average molecular weight is 309 g/mol. The van der Waals surface area contributed by atoms with Crippen molar-refractivity contribution in [2.24, 2.45) is 0 Å². The number of benzene rings is 2. The lowest BCUT2D eigenvalue weighted by atomic mass is 10.2. The summed E-state index contributed by atoms with van der Waals surface area (Å²) in [6.07, 6.45) is 1.58. The number of ether oxygens (including phenoxy) is 1. The summed E-state index contributed by atoms with van der Waals surface area (Å²) >= 11 is 0. The van der Waals surface area contributed by atoms with Gasteiger partial charge >= 0.3 is 0 Å². The Labute approximate surface area is 132 Å². The standard InChI is InChI=1S/C17H15N3O3/c1-23-15-9-5-4-8-14(15)19-16(21)11-20-17(22)13-7-3-2-6-12(13)10-18-20/h2-10H,11H2,1H3,(H,19,21). The van der Waals surface area contributed by atoms with Crippen molar-refractivity contribution in [1.29, 1.82) is 0 Å². The predicted octanol–water partition coefficient (Wildman–Crippen LogP) is 2.04. The van der Waals surface area contributed by atoms with Crippen LogP contribution >= 0.6 is 0 Å². The van der Waals surface area contributed by atoms with Crippen molar-refractivity contribution in [3.05, 3.63) is 65.1 Å². The van der Waals surface area contributed by atoms with E-state index >= 15 is 0 Å². The van der Waals surface area contributed by atoms with E-state index in [9.17, 15) is 9.59 Å². The number of hydrogen-bond donors (Lipinski definition) is 1. The van der Waals surface area contributed by atoms with E-state index in [-0.39, 0.29) is 18.0 Å². The molecule has 116 valence electrons. The molecule has 1 amide bonds. The molecule has 0 unspecified atom stereocenters. The zero-order valence-electron chi connectivity index (χ0n) is 12.5. The van der Waals surface area contributed by atoms with Crippen LogP contribution in [0.1, 0.15) is 0 Å². The second-order valence-corrected chi connectivity index (χ2v) is 4.94. The van der Waals surface area contributed by atoms with Gasteiger partial charge in [0.15, 0.2) is 0 Å².